The summed E-state index contributed by atoms with van der Waals surface area (Å²) in [6, 6.07) is 11.9. The van der Waals surface area contributed by atoms with Gasteiger partial charge in [-0.15, -0.1) is 0 Å². The highest BCUT2D eigenvalue weighted by Crippen LogP contribution is 2.30. The molecule has 1 aromatic carbocycles. The first kappa shape index (κ1) is 16.6. The molecule has 0 aliphatic carbocycles. The van der Waals surface area contributed by atoms with Crippen molar-refractivity contribution in [3.8, 4) is 21.7 Å². The molecule has 0 amide bonds. The zero-order valence-corrected chi connectivity index (χ0v) is 16.1. The second-order valence-corrected chi connectivity index (χ2v) is 8.12. The molecule has 1 aliphatic rings. The van der Waals surface area contributed by atoms with Gasteiger partial charge in [0.05, 0.1) is 0 Å². The first-order chi connectivity index (χ1) is 13.3. The van der Waals surface area contributed by atoms with Crippen LogP contribution in [0, 0.1) is 0 Å². The van der Waals surface area contributed by atoms with Gasteiger partial charge in [0, 0.05) is 37.8 Å². The van der Waals surface area contributed by atoms with Crippen LogP contribution in [-0.2, 0) is 0 Å². The van der Waals surface area contributed by atoms with E-state index in [4.69, 9.17) is 4.98 Å². The number of nitrogens with zero attached hydrogens (tertiary/aromatic N) is 4. The molecule has 5 rings (SSSR count). The summed E-state index contributed by atoms with van der Waals surface area (Å²) in [6.07, 6.45) is 0. The first-order valence-corrected chi connectivity index (χ1v) is 10.5. The summed E-state index contributed by atoms with van der Waals surface area (Å²) in [5, 5.41) is 12.8. The molecule has 4 aromatic rings. The molecular formula is C19H17N5OS2. The summed E-state index contributed by atoms with van der Waals surface area (Å²) in [6.45, 7) is 3.53. The van der Waals surface area contributed by atoms with E-state index in [1.807, 2.05) is 12.1 Å². The largest absolute Gasteiger partial charge is 0.354 e. The lowest BCUT2D eigenvalue weighted by atomic mass is 10.1. The van der Waals surface area contributed by atoms with Gasteiger partial charge in [0.25, 0.3) is 5.56 Å². The minimum absolute atomic E-state index is 0.134. The van der Waals surface area contributed by atoms with E-state index in [1.165, 1.54) is 21.4 Å². The molecule has 0 radical (unpaired) electrons. The normalized spacial score (nSPS) is 14.7. The smallest absolute Gasteiger partial charge is 0.277 e. The number of rotatable bonds is 3. The number of aromatic nitrogens is 3. The minimum Gasteiger partial charge on any atom is -0.354 e. The van der Waals surface area contributed by atoms with Crippen molar-refractivity contribution < 1.29 is 0 Å². The van der Waals surface area contributed by atoms with E-state index in [0.717, 1.165) is 48.1 Å². The molecule has 6 nitrogen and oxygen atoms in total. The van der Waals surface area contributed by atoms with E-state index in [0.29, 0.717) is 4.96 Å². The Hall–Kier alpha value is -2.55. The molecule has 0 atom stereocenters. The molecule has 0 saturated carbocycles. The Labute approximate surface area is 163 Å². The fourth-order valence-electron chi connectivity index (χ4n) is 3.23. The lowest BCUT2D eigenvalue weighted by molar-refractivity contribution is 0.584. The molecule has 4 heterocycles. The van der Waals surface area contributed by atoms with E-state index < -0.39 is 0 Å². The predicted octanol–water partition coefficient (Wildman–Crippen LogP) is 2.96. The average Bonchev–Trinajstić information content (AvgIpc) is 3.39. The lowest BCUT2D eigenvalue weighted by Gasteiger charge is -2.27. The number of anilines is 1. The average molecular weight is 396 g/mol. The molecule has 3 aromatic heterocycles. The van der Waals surface area contributed by atoms with E-state index in [-0.39, 0.29) is 5.56 Å². The van der Waals surface area contributed by atoms with Crippen LogP contribution in [0.15, 0.2) is 52.0 Å². The van der Waals surface area contributed by atoms with Crippen LogP contribution in [0.5, 0.6) is 0 Å². The Bertz CT molecular complexity index is 1140. The summed E-state index contributed by atoms with van der Waals surface area (Å²) in [5.41, 5.74) is 3.21. The van der Waals surface area contributed by atoms with Crippen LogP contribution < -0.4 is 15.8 Å². The highest BCUT2D eigenvalue weighted by atomic mass is 32.1. The maximum Gasteiger partial charge on any atom is 0.277 e. The molecule has 1 N–H and O–H groups in total. The maximum absolute atomic E-state index is 12.6. The number of hydrogen-bond donors (Lipinski definition) is 1. The van der Waals surface area contributed by atoms with Crippen molar-refractivity contribution in [1.82, 2.24) is 19.9 Å². The molecular weight excluding hydrogens is 378 g/mol. The Morgan fingerprint density at radius 3 is 2.70 bits per heavy atom. The Morgan fingerprint density at radius 1 is 1.04 bits per heavy atom. The van der Waals surface area contributed by atoms with Gasteiger partial charge < -0.3 is 10.2 Å². The predicted molar refractivity (Wildman–Crippen MR) is 111 cm³/mol. The fourth-order valence-corrected chi connectivity index (χ4v) is 4.79. The third-order valence-corrected chi connectivity index (χ3v) is 6.28. The van der Waals surface area contributed by atoms with Gasteiger partial charge in [0.15, 0.2) is 0 Å². The molecule has 27 heavy (non-hydrogen) atoms. The summed E-state index contributed by atoms with van der Waals surface area (Å²) >= 11 is 3.13. The Morgan fingerprint density at radius 2 is 1.89 bits per heavy atom. The van der Waals surface area contributed by atoms with Crippen LogP contribution in [0.3, 0.4) is 0 Å². The molecule has 8 heteroatoms. The van der Waals surface area contributed by atoms with Crippen molar-refractivity contribution >= 4 is 33.5 Å². The molecule has 1 fully saturated rings. The van der Waals surface area contributed by atoms with Crippen molar-refractivity contribution in [2.45, 2.75) is 0 Å². The number of thiophene rings is 1. The number of hydrogen-bond acceptors (Lipinski definition) is 7. The van der Waals surface area contributed by atoms with E-state index in [2.05, 4.69) is 44.3 Å². The van der Waals surface area contributed by atoms with Crippen LogP contribution in [-0.4, -0.2) is 40.8 Å². The van der Waals surface area contributed by atoms with Crippen molar-refractivity contribution in [2.24, 2.45) is 0 Å². The number of benzene rings is 1. The summed E-state index contributed by atoms with van der Waals surface area (Å²) in [7, 11) is 0. The van der Waals surface area contributed by atoms with Crippen LogP contribution in [0.25, 0.3) is 26.7 Å². The monoisotopic (exact) mass is 395 g/mol. The summed E-state index contributed by atoms with van der Waals surface area (Å²) in [4.78, 5) is 20.0. The zero-order valence-electron chi connectivity index (χ0n) is 14.5. The SMILES string of the molecule is O=c1cc(N2CCNCC2)nc2sc(-c3cccc(-c4ccsc4)c3)nn12. The van der Waals surface area contributed by atoms with Crippen molar-refractivity contribution in [3.05, 3.63) is 57.5 Å². The molecule has 0 spiro atoms. The van der Waals surface area contributed by atoms with Gasteiger partial charge in [-0.05, 0) is 34.0 Å². The van der Waals surface area contributed by atoms with Crippen molar-refractivity contribution in [2.75, 3.05) is 31.1 Å². The van der Waals surface area contributed by atoms with Crippen LogP contribution in [0.4, 0.5) is 5.82 Å². The van der Waals surface area contributed by atoms with E-state index >= 15 is 0 Å². The van der Waals surface area contributed by atoms with Crippen LogP contribution >= 0.6 is 22.7 Å². The van der Waals surface area contributed by atoms with Gasteiger partial charge in [-0.2, -0.15) is 21.0 Å². The van der Waals surface area contributed by atoms with Gasteiger partial charge in [0.1, 0.15) is 10.8 Å². The number of piperazine rings is 1. The van der Waals surface area contributed by atoms with E-state index in [1.54, 1.807) is 17.4 Å². The number of nitrogens with one attached hydrogen (secondary N) is 1. The summed E-state index contributed by atoms with van der Waals surface area (Å²) in [5.74, 6) is 0.740. The first-order valence-electron chi connectivity index (χ1n) is 8.77. The highest BCUT2D eigenvalue weighted by molar-refractivity contribution is 7.19. The number of fused-ring (bicyclic) bond motifs is 1. The van der Waals surface area contributed by atoms with Gasteiger partial charge in [-0.1, -0.05) is 29.5 Å². The lowest BCUT2D eigenvalue weighted by Crippen LogP contribution is -2.44. The molecule has 136 valence electrons. The standard InChI is InChI=1S/C19H17N5OS2/c25-17-11-16(23-7-5-20-6-8-23)21-19-24(17)22-18(27-19)14-3-1-2-13(10-14)15-4-9-26-12-15/h1-4,9-12,20H,5-8H2. The topological polar surface area (TPSA) is 62.5 Å². The van der Waals surface area contributed by atoms with Gasteiger partial charge in [0.2, 0.25) is 4.96 Å². The van der Waals surface area contributed by atoms with Crippen LogP contribution in [0.1, 0.15) is 0 Å². The van der Waals surface area contributed by atoms with E-state index in [9.17, 15) is 4.79 Å². The maximum atomic E-state index is 12.6. The van der Waals surface area contributed by atoms with Crippen LogP contribution in [0.2, 0.25) is 0 Å². The third kappa shape index (κ3) is 3.16. The molecule has 0 unspecified atom stereocenters. The second-order valence-electron chi connectivity index (χ2n) is 6.38. The second kappa shape index (κ2) is 6.88. The van der Waals surface area contributed by atoms with Gasteiger partial charge in [-0.25, -0.2) is 4.98 Å². The minimum atomic E-state index is -0.134. The van der Waals surface area contributed by atoms with Gasteiger partial charge >= 0.3 is 0 Å². The molecule has 0 bridgehead atoms. The molecule has 1 aliphatic heterocycles. The third-order valence-electron chi connectivity index (χ3n) is 4.64. The van der Waals surface area contributed by atoms with Gasteiger partial charge in [-0.3, -0.25) is 4.79 Å². The zero-order chi connectivity index (χ0) is 18.2. The highest BCUT2D eigenvalue weighted by Gasteiger charge is 2.16. The van der Waals surface area contributed by atoms with Crippen molar-refractivity contribution in [3.63, 3.8) is 0 Å². The van der Waals surface area contributed by atoms with Crippen molar-refractivity contribution in [1.29, 1.82) is 0 Å². The molecule has 1 saturated heterocycles. The fraction of sp³-hybridized carbons (Fsp3) is 0.211. The Balaban J connectivity index is 1.56. The quantitative estimate of drug-likeness (QED) is 0.578. The Kier molecular flexibility index (Phi) is 4.23. The summed E-state index contributed by atoms with van der Waals surface area (Å²) < 4.78 is 1.41.